The minimum atomic E-state index is -1.42. The van der Waals surface area contributed by atoms with Crippen molar-refractivity contribution in [3.63, 3.8) is 0 Å². The van der Waals surface area contributed by atoms with Crippen LogP contribution in [0.1, 0.15) is 97.3 Å². The number of unbranched alkanes of at least 4 members (excludes halogenated alkanes) is 11. The van der Waals surface area contributed by atoms with Gasteiger partial charge in [-0.15, -0.1) is 0 Å². The summed E-state index contributed by atoms with van der Waals surface area (Å²) >= 11 is 0. The fourth-order valence-corrected chi connectivity index (χ4v) is 3.03. The molecule has 0 aliphatic rings. The van der Waals surface area contributed by atoms with Gasteiger partial charge in [-0.05, 0) is 13.3 Å². The van der Waals surface area contributed by atoms with Crippen LogP contribution >= 0.6 is 0 Å². The normalized spacial score (nSPS) is 12.1. The molecule has 148 valence electrons. The van der Waals surface area contributed by atoms with E-state index in [2.05, 4.69) is 6.92 Å². The summed E-state index contributed by atoms with van der Waals surface area (Å²) in [6, 6.07) is 0. The van der Waals surface area contributed by atoms with Crippen molar-refractivity contribution in [2.75, 3.05) is 13.1 Å². The van der Waals surface area contributed by atoms with E-state index in [1.807, 2.05) is 6.92 Å². The lowest BCUT2D eigenvalue weighted by atomic mass is 10.1. The predicted molar refractivity (Wildman–Crippen MR) is 102 cm³/mol. The molecule has 0 rings (SSSR count). The fraction of sp³-hybridized carbons (Fsp3) is 0.900. The number of nitrogens with zero attached hydrogens (tertiary/aromatic N) is 1. The van der Waals surface area contributed by atoms with E-state index >= 15 is 0 Å². The van der Waals surface area contributed by atoms with Gasteiger partial charge in [0.2, 0.25) is 0 Å². The lowest BCUT2D eigenvalue weighted by molar-refractivity contribution is -0.148. The molecule has 5 nitrogen and oxygen atoms in total. The molecule has 0 aromatic heterocycles. The lowest BCUT2D eigenvalue weighted by Crippen LogP contribution is -2.40. The van der Waals surface area contributed by atoms with Gasteiger partial charge in [-0.25, -0.2) is 0 Å². The first-order chi connectivity index (χ1) is 12.0. The Morgan fingerprint density at radius 3 is 1.64 bits per heavy atom. The van der Waals surface area contributed by atoms with E-state index < -0.39 is 24.4 Å². The second-order valence-corrected chi connectivity index (χ2v) is 6.92. The summed E-state index contributed by atoms with van der Waals surface area (Å²) in [5.41, 5.74) is 0. The SMILES string of the molecule is CCCCCCCCCCCCCCN(CC)C(=O)C(O)CC(=O)O. The average Bonchev–Trinajstić information content (AvgIpc) is 2.58. The highest BCUT2D eigenvalue weighted by Crippen LogP contribution is 2.12. The maximum atomic E-state index is 12.0. The molecule has 0 heterocycles. The third kappa shape index (κ3) is 13.8. The molecule has 0 saturated heterocycles. The average molecular weight is 358 g/mol. The number of aliphatic hydroxyl groups excluding tert-OH is 1. The highest BCUT2D eigenvalue weighted by Gasteiger charge is 2.23. The summed E-state index contributed by atoms with van der Waals surface area (Å²) in [6.45, 7) is 5.21. The van der Waals surface area contributed by atoms with Gasteiger partial charge in [-0.3, -0.25) is 9.59 Å². The molecule has 1 atom stereocenters. The molecule has 0 aliphatic heterocycles. The number of rotatable bonds is 17. The number of carbonyl (C=O) groups is 2. The number of hydrogen-bond acceptors (Lipinski definition) is 3. The highest BCUT2D eigenvalue weighted by atomic mass is 16.4. The van der Waals surface area contributed by atoms with Crippen LogP contribution in [-0.2, 0) is 9.59 Å². The number of aliphatic hydroxyl groups is 1. The molecule has 0 saturated carbocycles. The second kappa shape index (κ2) is 16.4. The van der Waals surface area contributed by atoms with Gasteiger partial charge < -0.3 is 15.1 Å². The number of carboxylic acids is 1. The standard InChI is InChI=1S/C20H39NO4/c1-3-5-6-7-8-9-10-11-12-13-14-15-16-21(4-2)20(25)18(22)17-19(23)24/h18,22H,3-17H2,1-2H3,(H,23,24). The quantitative estimate of drug-likeness (QED) is 0.379. The summed E-state index contributed by atoms with van der Waals surface area (Å²) in [5.74, 6) is -1.62. The summed E-state index contributed by atoms with van der Waals surface area (Å²) in [7, 11) is 0. The zero-order valence-electron chi connectivity index (χ0n) is 16.3. The van der Waals surface area contributed by atoms with Crippen molar-refractivity contribution in [1.82, 2.24) is 4.90 Å². The summed E-state index contributed by atoms with van der Waals surface area (Å²) in [6.07, 6.45) is 13.2. The van der Waals surface area contributed by atoms with Crippen LogP contribution in [0, 0.1) is 0 Å². The minimum absolute atomic E-state index is 0.465. The minimum Gasteiger partial charge on any atom is -0.481 e. The van der Waals surface area contributed by atoms with Crippen LogP contribution in [0.4, 0.5) is 0 Å². The van der Waals surface area contributed by atoms with Crippen molar-refractivity contribution in [3.05, 3.63) is 0 Å². The van der Waals surface area contributed by atoms with Crippen molar-refractivity contribution in [2.24, 2.45) is 0 Å². The van der Waals surface area contributed by atoms with Crippen LogP contribution in [0.25, 0.3) is 0 Å². The van der Waals surface area contributed by atoms with Gasteiger partial charge in [0.15, 0.2) is 0 Å². The maximum absolute atomic E-state index is 12.0. The molecule has 1 amide bonds. The van der Waals surface area contributed by atoms with E-state index in [9.17, 15) is 14.7 Å². The molecule has 0 fully saturated rings. The molecule has 0 radical (unpaired) electrons. The van der Waals surface area contributed by atoms with Crippen LogP contribution < -0.4 is 0 Å². The number of amides is 1. The molecule has 1 unspecified atom stereocenters. The van der Waals surface area contributed by atoms with Gasteiger partial charge in [0.1, 0.15) is 6.10 Å². The van der Waals surface area contributed by atoms with Crippen LogP contribution in [0.2, 0.25) is 0 Å². The van der Waals surface area contributed by atoms with Gasteiger partial charge in [0.05, 0.1) is 6.42 Å². The lowest BCUT2D eigenvalue weighted by Gasteiger charge is -2.23. The van der Waals surface area contributed by atoms with Crippen molar-refractivity contribution >= 4 is 11.9 Å². The zero-order chi connectivity index (χ0) is 18.9. The number of likely N-dealkylation sites (N-methyl/N-ethyl adjacent to an activating group) is 1. The summed E-state index contributed by atoms with van der Waals surface area (Å²) in [4.78, 5) is 24.1. The smallest absolute Gasteiger partial charge is 0.306 e. The molecule has 0 aliphatic carbocycles. The van der Waals surface area contributed by atoms with Gasteiger partial charge in [-0.2, -0.15) is 0 Å². The van der Waals surface area contributed by atoms with Crippen molar-refractivity contribution in [1.29, 1.82) is 0 Å². The number of carboxylic acid groups (broad SMARTS) is 1. The second-order valence-electron chi connectivity index (χ2n) is 6.92. The van der Waals surface area contributed by atoms with Crippen molar-refractivity contribution in [3.8, 4) is 0 Å². The first-order valence-electron chi connectivity index (χ1n) is 10.2. The van der Waals surface area contributed by atoms with Gasteiger partial charge in [0.25, 0.3) is 5.91 Å². The Morgan fingerprint density at radius 2 is 1.24 bits per heavy atom. The fourth-order valence-electron chi connectivity index (χ4n) is 3.03. The Morgan fingerprint density at radius 1 is 0.800 bits per heavy atom. The van der Waals surface area contributed by atoms with Crippen molar-refractivity contribution < 1.29 is 19.8 Å². The molecule has 0 aromatic rings. The highest BCUT2D eigenvalue weighted by molar-refractivity contribution is 5.85. The number of hydrogen-bond donors (Lipinski definition) is 2. The molecule has 0 bridgehead atoms. The molecule has 0 aromatic carbocycles. The first-order valence-corrected chi connectivity index (χ1v) is 10.2. The van der Waals surface area contributed by atoms with Gasteiger partial charge in [0, 0.05) is 13.1 Å². The van der Waals surface area contributed by atoms with Crippen molar-refractivity contribution in [2.45, 2.75) is 103 Å². The monoisotopic (exact) mass is 357 g/mol. The van der Waals surface area contributed by atoms with E-state index in [0.29, 0.717) is 13.1 Å². The van der Waals surface area contributed by atoms with E-state index in [-0.39, 0.29) is 0 Å². The number of aliphatic carboxylic acids is 1. The Hall–Kier alpha value is -1.10. The third-order valence-electron chi connectivity index (χ3n) is 4.63. The zero-order valence-corrected chi connectivity index (χ0v) is 16.3. The first kappa shape index (κ1) is 23.9. The van der Waals surface area contributed by atoms with Gasteiger partial charge >= 0.3 is 5.97 Å². The Bertz CT molecular complexity index is 347. The van der Waals surface area contributed by atoms with Crippen LogP contribution in [0.3, 0.4) is 0 Å². The largest absolute Gasteiger partial charge is 0.481 e. The van der Waals surface area contributed by atoms with E-state index in [1.54, 1.807) is 4.90 Å². The molecule has 25 heavy (non-hydrogen) atoms. The maximum Gasteiger partial charge on any atom is 0.306 e. The Kier molecular flexibility index (Phi) is 15.7. The molecular weight excluding hydrogens is 318 g/mol. The predicted octanol–water partition coefficient (Wildman–Crippen LogP) is 4.37. The van der Waals surface area contributed by atoms with Crippen LogP contribution in [0.5, 0.6) is 0 Å². The molecule has 0 spiro atoms. The van der Waals surface area contributed by atoms with Crippen LogP contribution in [0.15, 0.2) is 0 Å². The van der Waals surface area contributed by atoms with Gasteiger partial charge in [-0.1, -0.05) is 77.6 Å². The topological polar surface area (TPSA) is 77.8 Å². The van der Waals surface area contributed by atoms with E-state index in [1.165, 1.54) is 64.2 Å². The molecular formula is C20H39NO4. The molecule has 2 N–H and O–H groups in total. The van der Waals surface area contributed by atoms with Crippen LogP contribution in [-0.4, -0.2) is 46.2 Å². The molecule has 5 heteroatoms. The number of carbonyl (C=O) groups excluding carboxylic acids is 1. The van der Waals surface area contributed by atoms with E-state index in [4.69, 9.17) is 5.11 Å². The Balaban J connectivity index is 3.58. The summed E-state index contributed by atoms with van der Waals surface area (Å²) in [5, 5.41) is 18.3. The van der Waals surface area contributed by atoms with E-state index in [0.717, 1.165) is 12.8 Å². The Labute approximate surface area is 153 Å². The third-order valence-corrected chi connectivity index (χ3v) is 4.63. The summed E-state index contributed by atoms with van der Waals surface area (Å²) < 4.78 is 0.